The SMILES string of the molecule is CC(C)(C)CCCC(=O)N1CCC(C(=O)O)(c2ccccc2)CC1. The molecule has 4 heteroatoms. The Morgan fingerprint density at radius 1 is 1.12 bits per heavy atom. The molecule has 1 aromatic carbocycles. The lowest BCUT2D eigenvalue weighted by Gasteiger charge is -2.39. The maximum atomic E-state index is 12.4. The number of benzene rings is 1. The van der Waals surface area contributed by atoms with Crippen molar-refractivity contribution in [2.75, 3.05) is 13.1 Å². The van der Waals surface area contributed by atoms with E-state index in [1.807, 2.05) is 35.2 Å². The Balaban J connectivity index is 1.96. The quantitative estimate of drug-likeness (QED) is 0.891. The van der Waals surface area contributed by atoms with Crippen LogP contribution in [0.15, 0.2) is 30.3 Å². The van der Waals surface area contributed by atoms with Crippen LogP contribution >= 0.6 is 0 Å². The summed E-state index contributed by atoms with van der Waals surface area (Å²) in [4.78, 5) is 26.2. The highest BCUT2D eigenvalue weighted by Gasteiger charge is 2.43. The minimum Gasteiger partial charge on any atom is -0.481 e. The van der Waals surface area contributed by atoms with E-state index >= 15 is 0 Å². The summed E-state index contributed by atoms with van der Waals surface area (Å²) in [6.07, 6.45) is 3.44. The zero-order valence-electron chi connectivity index (χ0n) is 15.0. The molecule has 1 aliphatic rings. The van der Waals surface area contributed by atoms with Crippen LogP contribution in [0.25, 0.3) is 0 Å². The summed E-state index contributed by atoms with van der Waals surface area (Å²) in [5.74, 6) is -0.625. The number of carboxylic acid groups (broad SMARTS) is 1. The molecule has 1 fully saturated rings. The Morgan fingerprint density at radius 2 is 1.71 bits per heavy atom. The molecule has 1 aromatic rings. The number of hydrogen-bond donors (Lipinski definition) is 1. The maximum Gasteiger partial charge on any atom is 0.314 e. The lowest BCUT2D eigenvalue weighted by molar-refractivity contribution is -0.148. The third-order valence-corrected chi connectivity index (χ3v) is 5.02. The Bertz CT molecular complexity index is 566. The maximum absolute atomic E-state index is 12.4. The Morgan fingerprint density at radius 3 is 2.21 bits per heavy atom. The number of likely N-dealkylation sites (tertiary alicyclic amines) is 1. The predicted molar refractivity (Wildman–Crippen MR) is 94.9 cm³/mol. The normalized spacial score (nSPS) is 17.5. The molecule has 4 nitrogen and oxygen atoms in total. The smallest absolute Gasteiger partial charge is 0.314 e. The first-order chi connectivity index (χ1) is 11.2. The van der Waals surface area contributed by atoms with Crippen LogP contribution in [0.5, 0.6) is 0 Å². The summed E-state index contributed by atoms with van der Waals surface area (Å²) in [7, 11) is 0. The molecule has 0 aromatic heterocycles. The molecular weight excluding hydrogens is 302 g/mol. The van der Waals surface area contributed by atoms with Crippen LogP contribution in [0.4, 0.5) is 0 Å². The van der Waals surface area contributed by atoms with Gasteiger partial charge in [-0.15, -0.1) is 0 Å². The number of carbonyl (C=O) groups excluding carboxylic acids is 1. The van der Waals surface area contributed by atoms with Crippen molar-refractivity contribution in [2.45, 2.75) is 58.3 Å². The summed E-state index contributed by atoms with van der Waals surface area (Å²) in [5.41, 5.74) is 0.231. The first-order valence-electron chi connectivity index (χ1n) is 8.81. The van der Waals surface area contributed by atoms with Crippen LogP contribution in [0, 0.1) is 5.41 Å². The van der Waals surface area contributed by atoms with Gasteiger partial charge in [0, 0.05) is 19.5 Å². The lowest BCUT2D eigenvalue weighted by Crippen LogP contribution is -2.49. The Labute approximate surface area is 144 Å². The van der Waals surface area contributed by atoms with Crippen molar-refractivity contribution in [1.29, 1.82) is 0 Å². The van der Waals surface area contributed by atoms with E-state index in [9.17, 15) is 14.7 Å². The van der Waals surface area contributed by atoms with E-state index in [2.05, 4.69) is 20.8 Å². The van der Waals surface area contributed by atoms with E-state index in [0.29, 0.717) is 32.4 Å². The number of hydrogen-bond acceptors (Lipinski definition) is 2. The van der Waals surface area contributed by atoms with Crippen molar-refractivity contribution in [1.82, 2.24) is 4.90 Å². The van der Waals surface area contributed by atoms with E-state index in [-0.39, 0.29) is 11.3 Å². The molecule has 1 amide bonds. The minimum absolute atomic E-state index is 0.159. The standard InChI is InChI=1S/C20H29NO3/c1-19(2,3)11-7-10-17(22)21-14-12-20(13-15-21,18(23)24)16-8-5-4-6-9-16/h4-6,8-9H,7,10-15H2,1-3H3,(H,23,24). The minimum atomic E-state index is -0.858. The monoisotopic (exact) mass is 331 g/mol. The lowest BCUT2D eigenvalue weighted by atomic mass is 9.73. The molecule has 0 bridgehead atoms. The van der Waals surface area contributed by atoms with Gasteiger partial charge in [0.15, 0.2) is 0 Å². The van der Waals surface area contributed by atoms with Gasteiger partial charge < -0.3 is 10.0 Å². The molecule has 0 saturated carbocycles. The van der Waals surface area contributed by atoms with Gasteiger partial charge in [-0.25, -0.2) is 0 Å². The number of carboxylic acids is 1. The third-order valence-electron chi connectivity index (χ3n) is 5.02. The highest BCUT2D eigenvalue weighted by atomic mass is 16.4. The average Bonchev–Trinajstić information content (AvgIpc) is 2.54. The fourth-order valence-electron chi connectivity index (χ4n) is 3.45. The molecule has 0 aliphatic carbocycles. The van der Waals surface area contributed by atoms with Crippen molar-refractivity contribution in [3.63, 3.8) is 0 Å². The van der Waals surface area contributed by atoms with E-state index in [1.165, 1.54) is 0 Å². The molecule has 0 spiro atoms. The van der Waals surface area contributed by atoms with E-state index < -0.39 is 11.4 Å². The van der Waals surface area contributed by atoms with E-state index in [4.69, 9.17) is 0 Å². The molecule has 132 valence electrons. The second-order valence-corrected chi connectivity index (χ2v) is 8.05. The van der Waals surface area contributed by atoms with Crippen molar-refractivity contribution >= 4 is 11.9 Å². The Kier molecular flexibility index (Phi) is 5.68. The number of carbonyl (C=O) groups is 2. The first-order valence-corrected chi connectivity index (χ1v) is 8.81. The van der Waals surface area contributed by atoms with Crippen LogP contribution in [0.1, 0.15) is 58.4 Å². The summed E-state index contributed by atoms with van der Waals surface area (Å²) < 4.78 is 0. The zero-order chi connectivity index (χ0) is 17.8. The fourth-order valence-corrected chi connectivity index (χ4v) is 3.45. The summed E-state index contributed by atoms with van der Waals surface area (Å²) in [5, 5.41) is 9.79. The molecule has 0 radical (unpaired) electrons. The number of rotatable bonds is 5. The topological polar surface area (TPSA) is 57.6 Å². The first kappa shape index (κ1) is 18.5. The fraction of sp³-hybridized carbons (Fsp3) is 0.600. The van der Waals surface area contributed by atoms with Crippen LogP contribution in [0.2, 0.25) is 0 Å². The molecular formula is C20H29NO3. The van der Waals surface area contributed by atoms with Crippen molar-refractivity contribution in [2.24, 2.45) is 5.41 Å². The van der Waals surface area contributed by atoms with Gasteiger partial charge in [-0.3, -0.25) is 9.59 Å². The third kappa shape index (κ3) is 4.37. The van der Waals surface area contributed by atoms with Gasteiger partial charge >= 0.3 is 5.97 Å². The average molecular weight is 331 g/mol. The Hall–Kier alpha value is -1.84. The molecule has 1 saturated heterocycles. The molecule has 1 N–H and O–H groups in total. The number of amides is 1. The van der Waals surface area contributed by atoms with Gasteiger partial charge in [-0.1, -0.05) is 51.1 Å². The second-order valence-electron chi connectivity index (χ2n) is 8.05. The molecule has 0 atom stereocenters. The molecule has 1 aliphatic heterocycles. The number of nitrogens with zero attached hydrogens (tertiary/aromatic N) is 1. The summed E-state index contributed by atoms with van der Waals surface area (Å²) >= 11 is 0. The molecule has 1 heterocycles. The van der Waals surface area contributed by atoms with Gasteiger partial charge in [0.1, 0.15) is 0 Å². The highest BCUT2D eigenvalue weighted by Crippen LogP contribution is 2.36. The van der Waals surface area contributed by atoms with Crippen LogP contribution in [-0.2, 0) is 15.0 Å². The molecule has 24 heavy (non-hydrogen) atoms. The van der Waals surface area contributed by atoms with Gasteiger partial charge in [0.2, 0.25) is 5.91 Å². The molecule has 2 rings (SSSR count). The largest absolute Gasteiger partial charge is 0.481 e. The molecule has 0 unspecified atom stereocenters. The van der Waals surface area contributed by atoms with Crippen molar-refractivity contribution in [3.05, 3.63) is 35.9 Å². The van der Waals surface area contributed by atoms with Crippen LogP contribution < -0.4 is 0 Å². The zero-order valence-corrected chi connectivity index (χ0v) is 15.0. The van der Waals surface area contributed by atoms with Gasteiger partial charge in [-0.2, -0.15) is 0 Å². The predicted octanol–water partition coefficient (Wildman–Crippen LogP) is 3.85. The highest BCUT2D eigenvalue weighted by molar-refractivity contribution is 5.82. The summed E-state index contributed by atoms with van der Waals surface area (Å²) in [6.45, 7) is 7.59. The summed E-state index contributed by atoms with van der Waals surface area (Å²) in [6, 6.07) is 9.42. The van der Waals surface area contributed by atoms with Gasteiger partial charge in [0.25, 0.3) is 0 Å². The van der Waals surface area contributed by atoms with Crippen molar-refractivity contribution in [3.8, 4) is 0 Å². The number of aliphatic carboxylic acids is 1. The second kappa shape index (κ2) is 7.37. The van der Waals surface area contributed by atoms with Crippen LogP contribution in [-0.4, -0.2) is 35.0 Å². The van der Waals surface area contributed by atoms with Gasteiger partial charge in [0.05, 0.1) is 5.41 Å². The van der Waals surface area contributed by atoms with Crippen molar-refractivity contribution < 1.29 is 14.7 Å². The van der Waals surface area contributed by atoms with Gasteiger partial charge in [-0.05, 0) is 36.7 Å². The van der Waals surface area contributed by atoms with Crippen LogP contribution in [0.3, 0.4) is 0 Å². The number of piperidine rings is 1. The van der Waals surface area contributed by atoms with E-state index in [0.717, 1.165) is 18.4 Å². The van der Waals surface area contributed by atoms with E-state index in [1.54, 1.807) is 0 Å².